The maximum Gasteiger partial charge on any atom is 0.341 e. The second-order valence-electron chi connectivity index (χ2n) is 8.36. The van der Waals surface area contributed by atoms with Crippen LogP contribution in [0.3, 0.4) is 0 Å². The van der Waals surface area contributed by atoms with Crippen LogP contribution in [0.5, 0.6) is 0 Å². The van der Waals surface area contributed by atoms with Gasteiger partial charge in [-0.05, 0) is 43.7 Å². The summed E-state index contributed by atoms with van der Waals surface area (Å²) >= 11 is 0. The van der Waals surface area contributed by atoms with Crippen molar-refractivity contribution in [2.75, 3.05) is 18.0 Å². The molecule has 0 amide bonds. The van der Waals surface area contributed by atoms with Crippen LogP contribution in [0.25, 0.3) is 0 Å². The average molecular weight is 332 g/mol. The van der Waals surface area contributed by atoms with Crippen LogP contribution in [0.1, 0.15) is 71.4 Å². The Bertz CT molecular complexity index is 576. The molecule has 1 fully saturated rings. The third-order valence-corrected chi connectivity index (χ3v) is 4.88. The summed E-state index contributed by atoms with van der Waals surface area (Å²) in [6, 6.07) is 6.39. The van der Waals surface area contributed by atoms with Crippen LogP contribution in [0.15, 0.2) is 18.2 Å². The summed E-state index contributed by atoms with van der Waals surface area (Å²) in [7, 11) is 0. The fraction of sp³-hybridized carbons (Fsp3) is 0.650. The van der Waals surface area contributed by atoms with Crippen LogP contribution < -0.4 is 4.90 Å². The number of hydrogen-bond donors (Lipinski definition) is 1. The molecule has 1 heterocycles. The predicted octanol–water partition coefficient (Wildman–Crippen LogP) is 4.26. The van der Waals surface area contributed by atoms with Crippen LogP contribution in [-0.2, 0) is 4.79 Å². The molecule has 1 aliphatic rings. The molecule has 4 heteroatoms. The minimum atomic E-state index is -0.768. The zero-order valence-corrected chi connectivity index (χ0v) is 16.1. The molecule has 1 aromatic rings. The first-order valence-electron chi connectivity index (χ1n) is 8.94. The summed E-state index contributed by atoms with van der Waals surface area (Å²) in [5.41, 5.74) is 3.43. The van der Waals surface area contributed by atoms with E-state index >= 15 is 0 Å². The highest BCUT2D eigenvalue weighted by atomic mass is 16.4. The first-order chi connectivity index (χ1) is 11.1. The van der Waals surface area contributed by atoms with Crippen LogP contribution in [0.4, 0.5) is 5.69 Å². The number of benzene rings is 1. The standard InChI is InChI=1S/C20H32N2O2/c1-13(2)15-9-8-10-16(14(3)4)17(15)21-11-12-22(20(5,6)7)18(21)19(23)24/h8-10,13-14,18H,11-12H2,1-7H3,(H,23,24). The monoisotopic (exact) mass is 332 g/mol. The smallest absolute Gasteiger partial charge is 0.341 e. The summed E-state index contributed by atoms with van der Waals surface area (Å²) in [6.07, 6.45) is -0.609. The van der Waals surface area contributed by atoms with Gasteiger partial charge >= 0.3 is 5.97 Å². The largest absolute Gasteiger partial charge is 0.479 e. The van der Waals surface area contributed by atoms with Gasteiger partial charge in [0, 0.05) is 24.3 Å². The van der Waals surface area contributed by atoms with Gasteiger partial charge in [-0.1, -0.05) is 45.9 Å². The molecule has 1 aromatic carbocycles. The molecule has 0 spiro atoms. The lowest BCUT2D eigenvalue weighted by Crippen LogP contribution is -2.53. The van der Waals surface area contributed by atoms with Gasteiger partial charge in [0.2, 0.25) is 0 Å². The fourth-order valence-corrected chi connectivity index (χ4v) is 3.67. The molecular formula is C20H32N2O2. The summed E-state index contributed by atoms with van der Waals surface area (Å²) < 4.78 is 0. The Balaban J connectivity index is 2.60. The van der Waals surface area contributed by atoms with Crippen molar-refractivity contribution in [3.63, 3.8) is 0 Å². The maximum atomic E-state index is 12.1. The number of carboxylic acid groups (broad SMARTS) is 1. The molecule has 1 atom stereocenters. The Morgan fingerprint density at radius 1 is 1.08 bits per heavy atom. The van der Waals surface area contributed by atoms with Gasteiger partial charge in [-0.2, -0.15) is 0 Å². The molecule has 0 bridgehead atoms. The van der Waals surface area contributed by atoms with Gasteiger partial charge < -0.3 is 10.0 Å². The molecule has 1 saturated heterocycles. The summed E-state index contributed by atoms with van der Waals surface area (Å²) in [5.74, 6) is -0.0515. The van der Waals surface area contributed by atoms with E-state index in [1.165, 1.54) is 11.1 Å². The van der Waals surface area contributed by atoms with Crippen LogP contribution in [-0.4, -0.2) is 40.8 Å². The third kappa shape index (κ3) is 3.44. The first kappa shape index (κ1) is 18.8. The van der Waals surface area contributed by atoms with E-state index in [2.05, 4.69) is 76.5 Å². The lowest BCUT2D eigenvalue weighted by atomic mass is 9.91. The fourth-order valence-electron chi connectivity index (χ4n) is 3.67. The lowest BCUT2D eigenvalue weighted by Gasteiger charge is -2.38. The van der Waals surface area contributed by atoms with E-state index in [1.54, 1.807) is 0 Å². The normalized spacial score (nSPS) is 19.5. The van der Waals surface area contributed by atoms with Gasteiger partial charge in [-0.25, -0.2) is 4.79 Å². The molecule has 1 unspecified atom stereocenters. The Kier molecular flexibility index (Phi) is 5.28. The first-order valence-corrected chi connectivity index (χ1v) is 8.94. The van der Waals surface area contributed by atoms with Gasteiger partial charge in [0.05, 0.1) is 0 Å². The minimum absolute atomic E-state index is 0.178. The summed E-state index contributed by atoms with van der Waals surface area (Å²) in [4.78, 5) is 16.3. The number of hydrogen-bond acceptors (Lipinski definition) is 3. The second-order valence-corrected chi connectivity index (χ2v) is 8.36. The van der Waals surface area contributed by atoms with Gasteiger partial charge in [-0.15, -0.1) is 0 Å². The van der Waals surface area contributed by atoms with Gasteiger partial charge in [0.1, 0.15) is 0 Å². The molecule has 0 radical (unpaired) electrons. The molecule has 1 N–H and O–H groups in total. The highest BCUT2D eigenvalue weighted by Gasteiger charge is 2.44. The zero-order chi connectivity index (χ0) is 18.2. The number of rotatable bonds is 4. The van der Waals surface area contributed by atoms with E-state index in [1.807, 2.05) is 0 Å². The zero-order valence-electron chi connectivity index (χ0n) is 16.1. The van der Waals surface area contributed by atoms with E-state index in [-0.39, 0.29) is 5.54 Å². The number of carbonyl (C=O) groups is 1. The van der Waals surface area contributed by atoms with Crippen molar-refractivity contribution in [2.24, 2.45) is 0 Å². The van der Waals surface area contributed by atoms with Gasteiger partial charge in [-0.3, -0.25) is 4.90 Å². The molecule has 134 valence electrons. The maximum absolute atomic E-state index is 12.1. The number of carboxylic acids is 1. The highest BCUT2D eigenvalue weighted by molar-refractivity contribution is 5.80. The van der Waals surface area contributed by atoms with E-state index in [0.717, 1.165) is 18.8 Å². The van der Waals surface area contributed by atoms with Crippen molar-refractivity contribution in [3.05, 3.63) is 29.3 Å². The average Bonchev–Trinajstić information content (AvgIpc) is 2.90. The Morgan fingerprint density at radius 2 is 1.58 bits per heavy atom. The number of para-hydroxylation sites is 1. The van der Waals surface area contributed by atoms with Crippen molar-refractivity contribution in [3.8, 4) is 0 Å². The molecule has 2 rings (SSSR count). The molecule has 0 aliphatic carbocycles. The SMILES string of the molecule is CC(C)c1cccc(C(C)C)c1N1CCN(C(C)(C)C)C1C(=O)O. The molecule has 24 heavy (non-hydrogen) atoms. The Labute approximate surface area is 146 Å². The molecule has 4 nitrogen and oxygen atoms in total. The Hall–Kier alpha value is -1.55. The predicted molar refractivity (Wildman–Crippen MR) is 99.8 cm³/mol. The summed E-state index contributed by atoms with van der Waals surface area (Å²) in [6.45, 7) is 16.5. The van der Waals surface area contributed by atoms with Crippen molar-refractivity contribution in [2.45, 2.75) is 72.0 Å². The number of aliphatic carboxylic acids is 1. The molecular weight excluding hydrogens is 300 g/mol. The van der Waals surface area contributed by atoms with Crippen LogP contribution in [0, 0.1) is 0 Å². The lowest BCUT2D eigenvalue weighted by molar-refractivity contribution is -0.143. The highest BCUT2D eigenvalue weighted by Crippen LogP contribution is 2.39. The number of anilines is 1. The van der Waals surface area contributed by atoms with Crippen LogP contribution in [0.2, 0.25) is 0 Å². The topological polar surface area (TPSA) is 43.8 Å². The van der Waals surface area contributed by atoms with Gasteiger partial charge in [0.15, 0.2) is 6.17 Å². The Morgan fingerprint density at radius 3 is 1.96 bits per heavy atom. The van der Waals surface area contributed by atoms with Gasteiger partial charge in [0.25, 0.3) is 0 Å². The second kappa shape index (κ2) is 6.75. The minimum Gasteiger partial charge on any atom is -0.479 e. The van der Waals surface area contributed by atoms with E-state index in [0.29, 0.717) is 11.8 Å². The quantitative estimate of drug-likeness (QED) is 0.894. The molecule has 0 aromatic heterocycles. The van der Waals surface area contributed by atoms with Crippen LogP contribution >= 0.6 is 0 Å². The molecule has 1 aliphatic heterocycles. The van der Waals surface area contributed by atoms with Crippen molar-refractivity contribution >= 4 is 11.7 Å². The van der Waals surface area contributed by atoms with Crippen molar-refractivity contribution in [1.29, 1.82) is 0 Å². The van der Waals surface area contributed by atoms with Crippen molar-refractivity contribution in [1.82, 2.24) is 4.90 Å². The van der Waals surface area contributed by atoms with E-state index in [4.69, 9.17) is 0 Å². The molecule has 0 saturated carbocycles. The number of nitrogens with zero attached hydrogens (tertiary/aromatic N) is 2. The van der Waals surface area contributed by atoms with E-state index < -0.39 is 12.1 Å². The summed E-state index contributed by atoms with van der Waals surface area (Å²) in [5, 5.41) is 9.95. The third-order valence-electron chi connectivity index (χ3n) is 4.88. The van der Waals surface area contributed by atoms with Crippen molar-refractivity contribution < 1.29 is 9.90 Å². The van der Waals surface area contributed by atoms with E-state index in [9.17, 15) is 9.90 Å².